The second-order valence-electron chi connectivity index (χ2n) is 5.14. The SMILES string of the molecule is Cc1cccc(S(=O)(=O)N2CCCN(CCO)CC2)c1. The molecule has 1 aromatic carbocycles. The lowest BCUT2D eigenvalue weighted by Crippen LogP contribution is -2.35. The smallest absolute Gasteiger partial charge is 0.243 e. The summed E-state index contributed by atoms with van der Waals surface area (Å²) in [6, 6.07) is 7.03. The Kier molecular flexibility index (Phi) is 5.15. The minimum Gasteiger partial charge on any atom is -0.395 e. The molecule has 1 N–H and O–H groups in total. The first kappa shape index (κ1) is 15.4. The molecule has 0 bridgehead atoms. The molecular weight excluding hydrogens is 276 g/mol. The molecule has 0 aromatic heterocycles. The molecule has 0 saturated carbocycles. The Balaban J connectivity index is 2.14. The van der Waals surface area contributed by atoms with Gasteiger partial charge in [-0.2, -0.15) is 4.31 Å². The maximum absolute atomic E-state index is 12.6. The van der Waals surface area contributed by atoms with Crippen molar-refractivity contribution < 1.29 is 13.5 Å². The van der Waals surface area contributed by atoms with Gasteiger partial charge < -0.3 is 5.11 Å². The van der Waals surface area contributed by atoms with E-state index in [1.54, 1.807) is 22.5 Å². The van der Waals surface area contributed by atoms with Gasteiger partial charge >= 0.3 is 0 Å². The van der Waals surface area contributed by atoms with E-state index in [2.05, 4.69) is 4.90 Å². The highest BCUT2D eigenvalue weighted by Crippen LogP contribution is 2.18. The zero-order valence-electron chi connectivity index (χ0n) is 11.8. The zero-order valence-corrected chi connectivity index (χ0v) is 12.6. The van der Waals surface area contributed by atoms with Crippen molar-refractivity contribution in [2.75, 3.05) is 39.3 Å². The third-order valence-corrected chi connectivity index (χ3v) is 5.49. The van der Waals surface area contributed by atoms with Crippen molar-refractivity contribution in [3.05, 3.63) is 29.8 Å². The molecular formula is C14H22N2O3S. The Morgan fingerprint density at radius 3 is 2.70 bits per heavy atom. The van der Waals surface area contributed by atoms with E-state index in [-0.39, 0.29) is 6.61 Å². The first-order chi connectivity index (χ1) is 9.54. The van der Waals surface area contributed by atoms with Crippen molar-refractivity contribution in [2.24, 2.45) is 0 Å². The lowest BCUT2D eigenvalue weighted by atomic mass is 10.2. The minimum atomic E-state index is -3.40. The number of hydrogen-bond acceptors (Lipinski definition) is 4. The van der Waals surface area contributed by atoms with Gasteiger partial charge in [0.25, 0.3) is 0 Å². The van der Waals surface area contributed by atoms with Crippen LogP contribution in [-0.4, -0.2) is 62.1 Å². The standard InChI is InChI=1S/C14H22N2O3S/c1-13-4-2-5-14(12-13)20(18,19)16-7-3-6-15(8-9-16)10-11-17/h2,4-5,12,17H,3,6-11H2,1H3. The van der Waals surface area contributed by atoms with Crippen molar-refractivity contribution >= 4 is 10.0 Å². The van der Waals surface area contributed by atoms with Crippen LogP contribution in [0.1, 0.15) is 12.0 Å². The van der Waals surface area contributed by atoms with Crippen LogP contribution in [-0.2, 0) is 10.0 Å². The van der Waals surface area contributed by atoms with E-state index in [1.807, 2.05) is 13.0 Å². The molecule has 20 heavy (non-hydrogen) atoms. The van der Waals surface area contributed by atoms with E-state index >= 15 is 0 Å². The van der Waals surface area contributed by atoms with Gasteiger partial charge in [-0.3, -0.25) is 4.90 Å². The van der Waals surface area contributed by atoms with E-state index in [0.29, 0.717) is 31.1 Å². The lowest BCUT2D eigenvalue weighted by molar-refractivity contribution is 0.202. The third kappa shape index (κ3) is 3.58. The first-order valence-electron chi connectivity index (χ1n) is 6.94. The van der Waals surface area contributed by atoms with Crippen LogP contribution in [0.15, 0.2) is 29.2 Å². The summed E-state index contributed by atoms with van der Waals surface area (Å²) >= 11 is 0. The fourth-order valence-corrected chi connectivity index (χ4v) is 4.05. The second-order valence-corrected chi connectivity index (χ2v) is 7.08. The van der Waals surface area contributed by atoms with Gasteiger partial charge in [-0.25, -0.2) is 8.42 Å². The quantitative estimate of drug-likeness (QED) is 0.888. The Bertz CT molecular complexity index is 545. The molecule has 1 fully saturated rings. The van der Waals surface area contributed by atoms with E-state index in [1.165, 1.54) is 0 Å². The summed E-state index contributed by atoms with van der Waals surface area (Å²) in [5.41, 5.74) is 0.947. The van der Waals surface area contributed by atoms with Crippen LogP contribution in [0.25, 0.3) is 0 Å². The van der Waals surface area contributed by atoms with Crippen molar-refractivity contribution in [3.63, 3.8) is 0 Å². The molecule has 0 unspecified atom stereocenters. The molecule has 6 heteroatoms. The topological polar surface area (TPSA) is 60.9 Å². The minimum absolute atomic E-state index is 0.116. The number of sulfonamides is 1. The highest BCUT2D eigenvalue weighted by molar-refractivity contribution is 7.89. The fraction of sp³-hybridized carbons (Fsp3) is 0.571. The van der Waals surface area contributed by atoms with Crippen LogP contribution in [0, 0.1) is 6.92 Å². The highest BCUT2D eigenvalue weighted by Gasteiger charge is 2.26. The average molecular weight is 298 g/mol. The van der Waals surface area contributed by atoms with Crippen LogP contribution in [0.3, 0.4) is 0 Å². The molecule has 0 radical (unpaired) electrons. The van der Waals surface area contributed by atoms with E-state index in [4.69, 9.17) is 5.11 Å². The summed E-state index contributed by atoms with van der Waals surface area (Å²) < 4.78 is 26.8. The van der Waals surface area contributed by atoms with Gasteiger partial charge in [0.2, 0.25) is 10.0 Å². The van der Waals surface area contributed by atoms with Crippen LogP contribution in [0.2, 0.25) is 0 Å². The molecule has 5 nitrogen and oxygen atoms in total. The molecule has 0 aliphatic carbocycles. The van der Waals surface area contributed by atoms with E-state index < -0.39 is 10.0 Å². The van der Waals surface area contributed by atoms with Gasteiger partial charge in [-0.1, -0.05) is 12.1 Å². The number of aliphatic hydroxyl groups excluding tert-OH is 1. The fourth-order valence-electron chi connectivity index (χ4n) is 2.48. The Morgan fingerprint density at radius 2 is 2.00 bits per heavy atom. The summed E-state index contributed by atoms with van der Waals surface area (Å²) in [6.45, 7) is 5.15. The Hall–Kier alpha value is -0.950. The van der Waals surface area contributed by atoms with Crippen LogP contribution >= 0.6 is 0 Å². The molecule has 1 aliphatic heterocycles. The maximum atomic E-state index is 12.6. The van der Waals surface area contributed by atoms with Crippen molar-refractivity contribution in [1.82, 2.24) is 9.21 Å². The number of β-amino-alcohol motifs (C(OH)–C–C–N with tert-alkyl or cyclic N) is 1. The Labute approximate surface area is 120 Å². The van der Waals surface area contributed by atoms with Crippen LogP contribution in [0.5, 0.6) is 0 Å². The summed E-state index contributed by atoms with van der Waals surface area (Å²) in [4.78, 5) is 2.47. The van der Waals surface area contributed by atoms with Gasteiger partial charge in [0.1, 0.15) is 0 Å². The normalized spacial score (nSPS) is 18.9. The van der Waals surface area contributed by atoms with Crippen molar-refractivity contribution in [1.29, 1.82) is 0 Å². The van der Waals surface area contributed by atoms with Gasteiger partial charge in [-0.05, 0) is 37.6 Å². The number of hydrogen-bond donors (Lipinski definition) is 1. The number of rotatable bonds is 4. The molecule has 0 amide bonds. The molecule has 1 saturated heterocycles. The highest BCUT2D eigenvalue weighted by atomic mass is 32.2. The number of aryl methyl sites for hydroxylation is 1. The predicted molar refractivity (Wildman–Crippen MR) is 78.1 cm³/mol. The molecule has 2 rings (SSSR count). The van der Waals surface area contributed by atoms with Crippen LogP contribution in [0.4, 0.5) is 0 Å². The van der Waals surface area contributed by atoms with Gasteiger partial charge in [-0.15, -0.1) is 0 Å². The monoisotopic (exact) mass is 298 g/mol. The van der Waals surface area contributed by atoms with Gasteiger partial charge in [0.15, 0.2) is 0 Å². The predicted octanol–water partition coefficient (Wildman–Crippen LogP) is 0.684. The number of aliphatic hydroxyl groups is 1. The van der Waals surface area contributed by atoms with Gasteiger partial charge in [0, 0.05) is 26.2 Å². The largest absolute Gasteiger partial charge is 0.395 e. The van der Waals surface area contributed by atoms with Gasteiger partial charge in [0.05, 0.1) is 11.5 Å². The summed E-state index contributed by atoms with van der Waals surface area (Å²) in [5, 5.41) is 8.97. The van der Waals surface area contributed by atoms with Crippen molar-refractivity contribution in [3.8, 4) is 0 Å². The average Bonchev–Trinajstić information content (AvgIpc) is 2.65. The molecule has 0 atom stereocenters. The Morgan fingerprint density at radius 1 is 1.20 bits per heavy atom. The molecule has 1 aliphatic rings. The second kappa shape index (κ2) is 6.67. The van der Waals surface area contributed by atoms with E-state index in [9.17, 15) is 8.42 Å². The van der Waals surface area contributed by atoms with Crippen LogP contribution < -0.4 is 0 Å². The molecule has 112 valence electrons. The number of nitrogens with zero attached hydrogens (tertiary/aromatic N) is 2. The summed E-state index contributed by atoms with van der Waals surface area (Å²) in [6.07, 6.45) is 0.797. The molecule has 0 spiro atoms. The van der Waals surface area contributed by atoms with E-state index in [0.717, 1.165) is 18.5 Å². The number of benzene rings is 1. The summed E-state index contributed by atoms with van der Waals surface area (Å²) in [7, 11) is -3.40. The first-order valence-corrected chi connectivity index (χ1v) is 8.38. The lowest BCUT2D eigenvalue weighted by Gasteiger charge is -2.21. The maximum Gasteiger partial charge on any atom is 0.243 e. The zero-order chi connectivity index (χ0) is 14.6. The summed E-state index contributed by atoms with van der Waals surface area (Å²) in [5.74, 6) is 0. The third-order valence-electron chi connectivity index (χ3n) is 3.59. The molecule has 1 heterocycles. The molecule has 1 aromatic rings. The van der Waals surface area contributed by atoms with Crippen molar-refractivity contribution in [2.45, 2.75) is 18.2 Å².